The summed E-state index contributed by atoms with van der Waals surface area (Å²) in [5, 5.41) is 9.14. The molecule has 0 saturated carbocycles. The van der Waals surface area contributed by atoms with Gasteiger partial charge in [-0.05, 0) is 44.4 Å². The summed E-state index contributed by atoms with van der Waals surface area (Å²) in [5.74, 6) is -0.246. The predicted molar refractivity (Wildman–Crippen MR) is 64.3 cm³/mol. The van der Waals surface area contributed by atoms with Crippen molar-refractivity contribution in [3.63, 3.8) is 0 Å². The highest BCUT2D eigenvalue weighted by atomic mass is 16.1. The number of aryl methyl sites for hydroxylation is 3. The first kappa shape index (κ1) is 12.4. The number of hydrogen-bond donors (Lipinski definition) is 0. The number of hydrogen-bond acceptors (Lipinski definition) is 2. The van der Waals surface area contributed by atoms with E-state index < -0.39 is 0 Å². The molecule has 1 aromatic rings. The quantitative estimate of drug-likeness (QED) is 0.776. The molecule has 0 spiro atoms. The van der Waals surface area contributed by atoms with Gasteiger partial charge >= 0.3 is 0 Å². The van der Waals surface area contributed by atoms with Gasteiger partial charge in [-0.25, -0.2) is 0 Å². The van der Waals surface area contributed by atoms with Gasteiger partial charge in [0.2, 0.25) is 0 Å². The Morgan fingerprint density at radius 1 is 1.31 bits per heavy atom. The fourth-order valence-corrected chi connectivity index (χ4v) is 2.24. The molecule has 0 saturated heterocycles. The van der Waals surface area contributed by atoms with Crippen LogP contribution in [0.15, 0.2) is 12.1 Å². The molecule has 2 heteroatoms. The summed E-state index contributed by atoms with van der Waals surface area (Å²) in [6.45, 7) is 7.57. The Morgan fingerprint density at radius 2 is 1.81 bits per heavy atom. The van der Waals surface area contributed by atoms with E-state index in [-0.39, 0.29) is 11.7 Å². The molecule has 0 radical (unpaired) electrons. The van der Waals surface area contributed by atoms with Gasteiger partial charge in [0.25, 0.3) is 0 Å². The van der Waals surface area contributed by atoms with Crippen LogP contribution in [-0.2, 0) is 4.79 Å². The van der Waals surface area contributed by atoms with E-state index in [1.165, 1.54) is 12.5 Å². The molecule has 0 aliphatic heterocycles. The maximum atomic E-state index is 11.1. The number of benzene rings is 1. The van der Waals surface area contributed by atoms with Crippen molar-refractivity contribution in [3.05, 3.63) is 34.4 Å². The van der Waals surface area contributed by atoms with Crippen molar-refractivity contribution in [1.82, 2.24) is 0 Å². The van der Waals surface area contributed by atoms with Crippen LogP contribution in [0, 0.1) is 32.1 Å². The molecule has 0 heterocycles. The highest BCUT2D eigenvalue weighted by molar-refractivity contribution is 5.77. The van der Waals surface area contributed by atoms with Crippen LogP contribution in [0.5, 0.6) is 0 Å². The number of nitrogens with zero attached hydrogens (tertiary/aromatic N) is 1. The minimum atomic E-state index is -0.307. The van der Waals surface area contributed by atoms with Crippen molar-refractivity contribution >= 4 is 5.78 Å². The maximum Gasteiger partial charge on any atom is 0.131 e. The molecular weight excluding hydrogens is 198 g/mol. The van der Waals surface area contributed by atoms with Crippen LogP contribution in [0.4, 0.5) is 0 Å². The topological polar surface area (TPSA) is 40.9 Å². The van der Waals surface area contributed by atoms with Gasteiger partial charge in [0, 0.05) is 6.42 Å². The van der Waals surface area contributed by atoms with Crippen molar-refractivity contribution in [2.75, 3.05) is 0 Å². The van der Waals surface area contributed by atoms with Gasteiger partial charge in [-0.15, -0.1) is 0 Å². The predicted octanol–water partition coefficient (Wildman–Crippen LogP) is 3.20. The Bertz CT molecular complexity index is 431. The number of rotatable bonds is 3. The van der Waals surface area contributed by atoms with Gasteiger partial charge in [-0.2, -0.15) is 5.26 Å². The second-order valence-electron chi connectivity index (χ2n) is 4.40. The Morgan fingerprint density at radius 3 is 2.19 bits per heavy atom. The van der Waals surface area contributed by atoms with Crippen LogP contribution in [0.2, 0.25) is 0 Å². The minimum absolute atomic E-state index is 0.0610. The summed E-state index contributed by atoms with van der Waals surface area (Å²) in [6.07, 6.45) is 0.307. The third-order valence-corrected chi connectivity index (χ3v) is 2.73. The lowest BCUT2D eigenvalue weighted by Gasteiger charge is -2.15. The van der Waals surface area contributed by atoms with Gasteiger partial charge in [0.05, 0.1) is 12.0 Å². The van der Waals surface area contributed by atoms with E-state index in [1.807, 2.05) is 20.8 Å². The highest BCUT2D eigenvalue weighted by Crippen LogP contribution is 2.27. The maximum absolute atomic E-state index is 11.1. The van der Waals surface area contributed by atoms with E-state index in [0.717, 1.165) is 16.7 Å². The third kappa shape index (κ3) is 2.70. The molecule has 84 valence electrons. The molecule has 0 aliphatic rings. The van der Waals surface area contributed by atoms with Gasteiger partial charge in [-0.3, -0.25) is 4.79 Å². The average molecular weight is 215 g/mol. The van der Waals surface area contributed by atoms with Crippen LogP contribution in [0.25, 0.3) is 0 Å². The molecule has 1 unspecified atom stereocenters. The molecule has 0 N–H and O–H groups in total. The smallest absolute Gasteiger partial charge is 0.131 e. The molecule has 1 atom stereocenters. The largest absolute Gasteiger partial charge is 0.300 e. The van der Waals surface area contributed by atoms with E-state index in [1.54, 1.807) is 0 Å². The molecule has 0 aromatic heterocycles. The first-order chi connectivity index (χ1) is 7.45. The first-order valence-corrected chi connectivity index (χ1v) is 5.42. The van der Waals surface area contributed by atoms with Crippen molar-refractivity contribution in [1.29, 1.82) is 5.26 Å². The Labute approximate surface area is 96.9 Å². The summed E-state index contributed by atoms with van der Waals surface area (Å²) in [4.78, 5) is 11.1. The average Bonchev–Trinajstić information content (AvgIpc) is 2.13. The van der Waals surface area contributed by atoms with E-state index >= 15 is 0 Å². The van der Waals surface area contributed by atoms with Crippen LogP contribution in [0.1, 0.15) is 41.5 Å². The van der Waals surface area contributed by atoms with Gasteiger partial charge in [0.1, 0.15) is 5.78 Å². The number of Topliss-reactive ketones (excluding diaryl/α,β-unsaturated/α-hetero) is 1. The van der Waals surface area contributed by atoms with E-state index in [2.05, 4.69) is 18.2 Å². The first-order valence-electron chi connectivity index (χ1n) is 5.42. The zero-order valence-electron chi connectivity index (χ0n) is 10.3. The van der Waals surface area contributed by atoms with Crippen molar-refractivity contribution in [2.45, 2.75) is 40.0 Å². The van der Waals surface area contributed by atoms with Crippen molar-refractivity contribution in [3.8, 4) is 6.07 Å². The van der Waals surface area contributed by atoms with Crippen molar-refractivity contribution < 1.29 is 4.79 Å². The van der Waals surface area contributed by atoms with Crippen LogP contribution < -0.4 is 0 Å². The van der Waals surface area contributed by atoms with Crippen LogP contribution in [0.3, 0.4) is 0 Å². The molecule has 16 heavy (non-hydrogen) atoms. The second-order valence-corrected chi connectivity index (χ2v) is 4.40. The number of carbonyl (C=O) groups is 1. The molecule has 2 nitrogen and oxygen atoms in total. The molecule has 0 bridgehead atoms. The number of ketones is 1. The zero-order chi connectivity index (χ0) is 12.3. The summed E-state index contributed by atoms with van der Waals surface area (Å²) in [6, 6.07) is 6.35. The third-order valence-electron chi connectivity index (χ3n) is 2.73. The van der Waals surface area contributed by atoms with E-state index in [4.69, 9.17) is 5.26 Å². The van der Waals surface area contributed by atoms with E-state index in [0.29, 0.717) is 6.42 Å². The SMILES string of the molecule is CC(=O)CC(C#N)c1c(C)cc(C)cc1C. The monoisotopic (exact) mass is 215 g/mol. The van der Waals surface area contributed by atoms with E-state index in [9.17, 15) is 4.79 Å². The van der Waals surface area contributed by atoms with Crippen LogP contribution >= 0.6 is 0 Å². The Kier molecular flexibility index (Phi) is 3.84. The molecule has 1 aromatic carbocycles. The standard InChI is InChI=1S/C14H17NO/c1-9-5-10(2)14(11(3)6-9)13(8-15)7-12(4)16/h5-6,13H,7H2,1-4H3. The zero-order valence-corrected chi connectivity index (χ0v) is 10.3. The fourth-order valence-electron chi connectivity index (χ4n) is 2.24. The lowest BCUT2D eigenvalue weighted by atomic mass is 9.87. The second kappa shape index (κ2) is 4.94. The number of carbonyl (C=O) groups excluding carboxylic acids is 1. The minimum Gasteiger partial charge on any atom is -0.300 e. The highest BCUT2D eigenvalue weighted by Gasteiger charge is 2.17. The summed E-state index contributed by atoms with van der Waals surface area (Å²) in [7, 11) is 0. The summed E-state index contributed by atoms with van der Waals surface area (Å²) >= 11 is 0. The number of nitriles is 1. The van der Waals surface area contributed by atoms with Gasteiger partial charge < -0.3 is 0 Å². The molecular formula is C14H17NO. The lowest BCUT2D eigenvalue weighted by molar-refractivity contribution is -0.117. The molecule has 0 aliphatic carbocycles. The molecule has 1 rings (SSSR count). The van der Waals surface area contributed by atoms with Gasteiger partial charge in [0.15, 0.2) is 0 Å². The summed E-state index contributed by atoms with van der Waals surface area (Å²) < 4.78 is 0. The Balaban J connectivity index is 3.21. The van der Waals surface area contributed by atoms with Crippen molar-refractivity contribution in [2.24, 2.45) is 0 Å². The normalized spacial score (nSPS) is 11.9. The summed E-state index contributed by atoms with van der Waals surface area (Å²) in [5.41, 5.74) is 4.41. The van der Waals surface area contributed by atoms with Crippen LogP contribution in [-0.4, -0.2) is 5.78 Å². The lowest BCUT2D eigenvalue weighted by Crippen LogP contribution is -2.06. The fraction of sp³-hybridized carbons (Fsp3) is 0.429. The molecule has 0 fully saturated rings. The Hall–Kier alpha value is -1.62. The van der Waals surface area contributed by atoms with Gasteiger partial charge in [-0.1, -0.05) is 17.7 Å². The molecule has 0 amide bonds.